The number of hydrogen-bond donors (Lipinski definition) is 1. The van der Waals surface area contributed by atoms with E-state index in [-0.39, 0.29) is 38.0 Å². The monoisotopic (exact) mass is 823 g/mol. The number of halogens is 1. The quantitative estimate of drug-likeness (QED) is 0.0612. The maximum Gasteiger partial charge on any atom is 0.234 e. The summed E-state index contributed by atoms with van der Waals surface area (Å²) in [5.41, 5.74) is 7.08. The maximum atomic E-state index is 15.7. The SMILES string of the molecule is CCc1cc(OCc2ccccc2)c(F)cc1-c1ccc2c(-c3nc4c(n3COCC[Si](C)(C)C)CN(CC(=O)NCCC#N)C4)nn(COCC[Si](C)(C)C)c2c1. The molecule has 0 aliphatic carbocycles. The first-order valence-electron chi connectivity index (χ1n) is 20.3. The molecule has 0 radical (unpaired) electrons. The fourth-order valence-corrected chi connectivity index (χ4v) is 8.45. The largest absolute Gasteiger partial charge is 0.486 e. The van der Waals surface area contributed by atoms with Gasteiger partial charge in [-0.1, -0.05) is 82.6 Å². The number of nitrogens with one attached hydrogen (secondary N) is 1. The number of imidazole rings is 1. The second kappa shape index (κ2) is 18.9. The van der Waals surface area contributed by atoms with Crippen LogP contribution in [0.15, 0.2) is 60.7 Å². The molecule has 3 heterocycles. The predicted molar refractivity (Wildman–Crippen MR) is 232 cm³/mol. The van der Waals surface area contributed by atoms with Crippen LogP contribution < -0.4 is 10.1 Å². The number of hydrogen-bond acceptors (Lipinski definition) is 8. The lowest BCUT2D eigenvalue weighted by Crippen LogP contribution is -2.35. The van der Waals surface area contributed by atoms with Gasteiger partial charge in [0.2, 0.25) is 5.91 Å². The van der Waals surface area contributed by atoms with Crippen LogP contribution >= 0.6 is 0 Å². The lowest BCUT2D eigenvalue weighted by molar-refractivity contribution is -0.122. The number of carbonyl (C=O) groups excluding carboxylic acids is 1. The molecule has 14 heteroatoms. The molecule has 3 aromatic carbocycles. The molecule has 1 aliphatic heterocycles. The average molecular weight is 824 g/mol. The van der Waals surface area contributed by atoms with Gasteiger partial charge < -0.3 is 24.1 Å². The van der Waals surface area contributed by atoms with E-state index in [4.69, 9.17) is 29.6 Å². The van der Waals surface area contributed by atoms with Crippen LogP contribution in [-0.2, 0) is 53.8 Å². The third-order valence-electron chi connectivity index (χ3n) is 10.3. The molecular weight excluding hydrogens is 766 g/mol. The normalized spacial score (nSPS) is 13.2. The van der Waals surface area contributed by atoms with Gasteiger partial charge in [-0.05, 0) is 65.0 Å². The molecule has 0 fully saturated rings. The van der Waals surface area contributed by atoms with Crippen molar-refractivity contribution in [1.29, 1.82) is 5.26 Å². The van der Waals surface area contributed by atoms with Gasteiger partial charge in [0.05, 0.1) is 35.9 Å². The van der Waals surface area contributed by atoms with Gasteiger partial charge >= 0.3 is 0 Å². The van der Waals surface area contributed by atoms with E-state index < -0.39 is 22.0 Å². The van der Waals surface area contributed by atoms with Gasteiger partial charge in [-0.2, -0.15) is 10.4 Å². The molecule has 0 saturated carbocycles. The molecule has 0 saturated heterocycles. The molecule has 11 nitrogen and oxygen atoms in total. The van der Waals surface area contributed by atoms with Crippen molar-refractivity contribution in [2.45, 2.75) is 104 Å². The lowest BCUT2D eigenvalue weighted by atomic mass is 9.96. The van der Waals surface area contributed by atoms with Crippen molar-refractivity contribution in [3.63, 3.8) is 0 Å². The predicted octanol–water partition coefficient (Wildman–Crippen LogP) is 8.82. The fourth-order valence-electron chi connectivity index (χ4n) is 6.94. The van der Waals surface area contributed by atoms with E-state index >= 15 is 4.39 Å². The Morgan fingerprint density at radius 1 is 0.948 bits per heavy atom. The Balaban J connectivity index is 1.36. The number of nitrogens with zero attached hydrogens (tertiary/aromatic N) is 6. The summed E-state index contributed by atoms with van der Waals surface area (Å²) in [6.07, 6.45) is 0.966. The zero-order valence-corrected chi connectivity index (χ0v) is 37.2. The summed E-state index contributed by atoms with van der Waals surface area (Å²) in [6, 6.07) is 23.4. The highest BCUT2D eigenvalue weighted by Crippen LogP contribution is 2.37. The van der Waals surface area contributed by atoms with E-state index in [1.165, 1.54) is 0 Å². The summed E-state index contributed by atoms with van der Waals surface area (Å²) in [6.45, 7) is 19.8. The van der Waals surface area contributed by atoms with Crippen LogP contribution in [0.2, 0.25) is 51.4 Å². The molecule has 1 amide bonds. The minimum absolute atomic E-state index is 0.117. The van der Waals surface area contributed by atoms with Crippen LogP contribution in [0.4, 0.5) is 4.39 Å². The number of amides is 1. The minimum atomic E-state index is -1.33. The molecule has 0 unspecified atom stereocenters. The Morgan fingerprint density at radius 3 is 2.36 bits per heavy atom. The molecule has 6 rings (SSSR count). The fraction of sp³-hybridized carbons (Fsp3) is 0.455. The molecule has 0 atom stereocenters. The van der Waals surface area contributed by atoms with Gasteiger partial charge in [-0.25, -0.2) is 14.1 Å². The van der Waals surface area contributed by atoms with Gasteiger partial charge in [-0.3, -0.25) is 9.69 Å². The molecule has 308 valence electrons. The van der Waals surface area contributed by atoms with Crippen LogP contribution in [0, 0.1) is 17.1 Å². The zero-order chi connectivity index (χ0) is 41.5. The van der Waals surface area contributed by atoms with Crippen LogP contribution in [0.1, 0.15) is 35.9 Å². The topological polar surface area (TPSA) is 119 Å². The van der Waals surface area contributed by atoms with Gasteiger partial charge in [0.1, 0.15) is 25.8 Å². The highest BCUT2D eigenvalue weighted by atomic mass is 28.3. The van der Waals surface area contributed by atoms with E-state index in [1.54, 1.807) is 6.07 Å². The maximum absolute atomic E-state index is 15.7. The smallest absolute Gasteiger partial charge is 0.234 e. The summed E-state index contributed by atoms with van der Waals surface area (Å²) in [4.78, 5) is 19.9. The summed E-state index contributed by atoms with van der Waals surface area (Å²) >= 11 is 0. The second-order valence-corrected chi connectivity index (χ2v) is 28.7. The Kier molecular flexibility index (Phi) is 14.0. The molecular formula is C44H58FN7O4Si2. The number of aromatic nitrogens is 4. The van der Waals surface area contributed by atoms with Crippen molar-refractivity contribution in [3.8, 4) is 34.5 Å². The van der Waals surface area contributed by atoms with Crippen molar-refractivity contribution in [2.75, 3.05) is 26.3 Å². The van der Waals surface area contributed by atoms with Crippen LogP contribution in [0.5, 0.6) is 5.75 Å². The third-order valence-corrected chi connectivity index (χ3v) is 13.7. The Hall–Kier alpha value is -4.66. The lowest BCUT2D eigenvalue weighted by Gasteiger charge is -2.18. The van der Waals surface area contributed by atoms with E-state index in [0.717, 1.165) is 56.6 Å². The summed E-state index contributed by atoms with van der Waals surface area (Å²) in [5.74, 6) is 0.411. The van der Waals surface area contributed by atoms with E-state index in [1.807, 2.05) is 47.1 Å². The van der Waals surface area contributed by atoms with Gasteiger partial charge in [-0.15, -0.1) is 0 Å². The Bertz CT molecular complexity index is 2240. The van der Waals surface area contributed by atoms with Crippen LogP contribution in [-0.4, -0.2) is 72.6 Å². The number of nitriles is 1. The average Bonchev–Trinajstić information content (AvgIpc) is 3.84. The molecule has 58 heavy (non-hydrogen) atoms. The second-order valence-electron chi connectivity index (χ2n) is 17.5. The third kappa shape index (κ3) is 11.1. The standard InChI is InChI=1S/C44H58FN7O4Si2/c1-8-33-24-41(56-29-32-13-10-9-11-14-32)37(45)25-36(33)34-15-16-35-39(23-34)52(31-55-20-22-58(5,6)7)49-43(35)44-48-38-26-50(28-42(53)47-18-12-17-46)27-40(38)51(44)30-54-19-21-57(2,3)4/h9-11,13-16,23-25H,8,12,18-22,26-31H2,1-7H3,(H,47,53). The molecule has 0 bridgehead atoms. The Labute approximate surface area is 344 Å². The van der Waals surface area contributed by atoms with E-state index in [9.17, 15) is 4.79 Å². The van der Waals surface area contributed by atoms with Crippen molar-refractivity contribution in [3.05, 3.63) is 89.0 Å². The van der Waals surface area contributed by atoms with Crippen LogP contribution in [0.3, 0.4) is 0 Å². The Morgan fingerprint density at radius 2 is 1.67 bits per heavy atom. The van der Waals surface area contributed by atoms with Crippen LogP contribution in [0.25, 0.3) is 33.5 Å². The highest BCUT2D eigenvalue weighted by Gasteiger charge is 2.31. The first-order chi connectivity index (χ1) is 27.7. The van der Waals surface area contributed by atoms with Crippen molar-refractivity contribution >= 4 is 33.0 Å². The molecule has 1 N–H and O–H groups in total. The number of aryl methyl sites for hydroxylation is 1. The first kappa shape index (κ1) is 42.9. The minimum Gasteiger partial charge on any atom is -0.486 e. The van der Waals surface area contributed by atoms with Gasteiger partial charge in [0.25, 0.3) is 0 Å². The number of ether oxygens (including phenoxy) is 3. The van der Waals surface area contributed by atoms with Gasteiger partial charge in [0.15, 0.2) is 17.4 Å². The first-order valence-corrected chi connectivity index (χ1v) is 27.7. The van der Waals surface area contributed by atoms with Gasteiger partial charge in [0, 0.05) is 54.4 Å². The number of carbonyl (C=O) groups is 1. The molecule has 1 aliphatic rings. The van der Waals surface area contributed by atoms with E-state index in [0.29, 0.717) is 57.5 Å². The number of benzene rings is 3. The molecule has 0 spiro atoms. The summed E-state index contributed by atoms with van der Waals surface area (Å²) < 4.78 is 38.3. The van der Waals surface area contributed by atoms with Crippen molar-refractivity contribution < 1.29 is 23.4 Å². The summed E-state index contributed by atoms with van der Waals surface area (Å²) in [7, 11) is -2.65. The highest BCUT2D eigenvalue weighted by molar-refractivity contribution is 6.76. The molecule has 2 aromatic heterocycles. The summed E-state index contributed by atoms with van der Waals surface area (Å²) in [5, 5.41) is 17.8. The number of fused-ring (bicyclic) bond motifs is 2. The zero-order valence-electron chi connectivity index (χ0n) is 35.2. The van der Waals surface area contributed by atoms with Crippen molar-refractivity contribution in [1.82, 2.24) is 29.5 Å². The van der Waals surface area contributed by atoms with Crippen molar-refractivity contribution in [2.24, 2.45) is 0 Å². The van der Waals surface area contributed by atoms with E-state index in [2.05, 4.69) is 79.2 Å². The number of rotatable bonds is 20. The molecule has 5 aromatic rings.